The lowest BCUT2D eigenvalue weighted by Crippen LogP contribution is -2.27. The van der Waals surface area contributed by atoms with Crippen molar-refractivity contribution in [1.29, 1.82) is 0 Å². The number of hydrogen-bond acceptors (Lipinski definition) is 5. The number of aromatic nitrogens is 1. The quantitative estimate of drug-likeness (QED) is 0.767. The summed E-state index contributed by atoms with van der Waals surface area (Å²) in [7, 11) is 2.41. The fourth-order valence-corrected chi connectivity index (χ4v) is 2.34. The van der Waals surface area contributed by atoms with E-state index in [1.165, 1.54) is 7.11 Å². The number of carbonyl (C=O) groups excluding carboxylic acids is 2. The summed E-state index contributed by atoms with van der Waals surface area (Å²) in [6, 6.07) is 2.84. The van der Waals surface area contributed by atoms with Crippen LogP contribution >= 0.6 is 0 Å². The second kappa shape index (κ2) is 7.15. The van der Waals surface area contributed by atoms with E-state index in [1.54, 1.807) is 20.8 Å². The molecule has 0 N–H and O–H groups in total. The van der Waals surface area contributed by atoms with Crippen LogP contribution in [-0.4, -0.2) is 36.5 Å². The number of esters is 1. The van der Waals surface area contributed by atoms with Crippen LogP contribution in [0, 0.1) is 11.6 Å². The van der Waals surface area contributed by atoms with E-state index < -0.39 is 29.3 Å². The molecule has 0 radical (unpaired) electrons. The molecule has 0 bridgehead atoms. The molecule has 0 saturated heterocycles. The van der Waals surface area contributed by atoms with Crippen LogP contribution in [0.15, 0.2) is 24.4 Å². The zero-order valence-corrected chi connectivity index (χ0v) is 15.1. The summed E-state index contributed by atoms with van der Waals surface area (Å²) in [5, 5.41) is 0. The second-order valence-electron chi connectivity index (χ2n) is 6.39. The first-order valence-corrected chi connectivity index (χ1v) is 7.65. The van der Waals surface area contributed by atoms with Crippen LogP contribution in [-0.2, 0) is 9.47 Å². The highest BCUT2D eigenvalue weighted by Crippen LogP contribution is 2.37. The predicted molar refractivity (Wildman–Crippen MR) is 89.3 cm³/mol. The Bertz CT molecular complexity index is 852. The van der Waals surface area contributed by atoms with Gasteiger partial charge in [-0.1, -0.05) is 0 Å². The van der Waals surface area contributed by atoms with Gasteiger partial charge in [-0.2, -0.15) is 0 Å². The summed E-state index contributed by atoms with van der Waals surface area (Å²) in [6.45, 7) is 4.97. The highest BCUT2D eigenvalue weighted by atomic mass is 19.1. The van der Waals surface area contributed by atoms with Crippen molar-refractivity contribution < 1.29 is 32.6 Å². The maximum Gasteiger partial charge on any atom is 0.419 e. The molecule has 0 saturated carbocycles. The standard InChI is InChI=1S/C18H19F2NO5/c1-18(2,3)26-17(23)21-9-12(16(22)25-5)15(24-4)14(21)11-7-6-10(19)8-13(11)20/h6-9H,1-5H3. The van der Waals surface area contributed by atoms with Crippen LogP contribution in [0.3, 0.4) is 0 Å². The Morgan fingerprint density at radius 2 is 1.77 bits per heavy atom. The number of methoxy groups -OCH3 is 2. The molecule has 0 spiro atoms. The van der Waals surface area contributed by atoms with Gasteiger partial charge in [-0.15, -0.1) is 0 Å². The van der Waals surface area contributed by atoms with E-state index in [9.17, 15) is 18.4 Å². The van der Waals surface area contributed by atoms with Crippen molar-refractivity contribution in [2.24, 2.45) is 0 Å². The first kappa shape index (κ1) is 19.4. The van der Waals surface area contributed by atoms with Gasteiger partial charge in [0.05, 0.1) is 14.2 Å². The molecule has 0 atom stereocenters. The molecule has 26 heavy (non-hydrogen) atoms. The monoisotopic (exact) mass is 367 g/mol. The van der Waals surface area contributed by atoms with Gasteiger partial charge in [0.15, 0.2) is 5.75 Å². The van der Waals surface area contributed by atoms with E-state index in [4.69, 9.17) is 9.47 Å². The Hall–Kier alpha value is -2.90. The van der Waals surface area contributed by atoms with E-state index >= 15 is 0 Å². The Morgan fingerprint density at radius 1 is 1.12 bits per heavy atom. The Morgan fingerprint density at radius 3 is 2.27 bits per heavy atom. The lowest BCUT2D eigenvalue weighted by atomic mass is 10.1. The van der Waals surface area contributed by atoms with Crippen molar-refractivity contribution in [3.63, 3.8) is 0 Å². The van der Waals surface area contributed by atoms with E-state index in [-0.39, 0.29) is 22.6 Å². The predicted octanol–water partition coefficient (Wildman–Crippen LogP) is 4.01. The van der Waals surface area contributed by atoms with E-state index in [1.807, 2.05) is 0 Å². The molecule has 1 aromatic carbocycles. The zero-order valence-electron chi connectivity index (χ0n) is 15.1. The molecule has 2 aromatic rings. The van der Waals surface area contributed by atoms with Crippen LogP contribution in [0.4, 0.5) is 13.6 Å². The van der Waals surface area contributed by atoms with Gasteiger partial charge in [-0.3, -0.25) is 0 Å². The molecule has 0 aliphatic heterocycles. The van der Waals surface area contributed by atoms with Crippen LogP contribution in [0.1, 0.15) is 31.1 Å². The molecule has 0 aliphatic carbocycles. The Balaban J connectivity index is 2.75. The molecule has 140 valence electrons. The van der Waals surface area contributed by atoms with Gasteiger partial charge in [-0.05, 0) is 32.9 Å². The number of carbonyl (C=O) groups is 2. The molecule has 1 aromatic heterocycles. The van der Waals surface area contributed by atoms with Crippen molar-refractivity contribution in [1.82, 2.24) is 4.57 Å². The number of ether oxygens (including phenoxy) is 3. The molecule has 1 heterocycles. The number of hydrogen-bond donors (Lipinski definition) is 0. The minimum Gasteiger partial charge on any atom is -0.494 e. The van der Waals surface area contributed by atoms with E-state index in [0.717, 1.165) is 30.0 Å². The summed E-state index contributed by atoms with van der Waals surface area (Å²) in [5.74, 6) is -2.59. The van der Waals surface area contributed by atoms with Crippen LogP contribution in [0.5, 0.6) is 5.75 Å². The molecular formula is C18H19F2NO5. The summed E-state index contributed by atoms with van der Waals surface area (Å²) in [6.07, 6.45) is 0.279. The second-order valence-corrected chi connectivity index (χ2v) is 6.39. The lowest BCUT2D eigenvalue weighted by Gasteiger charge is -2.20. The van der Waals surface area contributed by atoms with Gasteiger partial charge in [0.1, 0.15) is 28.5 Å². The Kier molecular flexibility index (Phi) is 5.34. The van der Waals surface area contributed by atoms with Gasteiger partial charge in [-0.25, -0.2) is 22.9 Å². The number of benzene rings is 1. The van der Waals surface area contributed by atoms with Crippen molar-refractivity contribution in [2.45, 2.75) is 26.4 Å². The number of nitrogens with zero attached hydrogens (tertiary/aromatic N) is 1. The fourth-order valence-electron chi connectivity index (χ4n) is 2.34. The summed E-state index contributed by atoms with van der Waals surface area (Å²) >= 11 is 0. The molecule has 0 fully saturated rings. The van der Waals surface area contributed by atoms with Crippen molar-refractivity contribution in [2.75, 3.05) is 14.2 Å². The van der Waals surface area contributed by atoms with Gasteiger partial charge in [0.2, 0.25) is 0 Å². The average molecular weight is 367 g/mol. The smallest absolute Gasteiger partial charge is 0.419 e. The number of rotatable bonds is 3. The van der Waals surface area contributed by atoms with E-state index in [2.05, 4.69) is 4.74 Å². The van der Waals surface area contributed by atoms with Crippen molar-refractivity contribution >= 4 is 12.1 Å². The summed E-state index contributed by atoms with van der Waals surface area (Å²) in [5.41, 5.74) is -1.15. The molecule has 6 nitrogen and oxygen atoms in total. The largest absolute Gasteiger partial charge is 0.494 e. The molecule has 0 aliphatic rings. The topological polar surface area (TPSA) is 66.8 Å². The third-order valence-corrected chi connectivity index (χ3v) is 3.34. The van der Waals surface area contributed by atoms with Gasteiger partial charge in [0.25, 0.3) is 0 Å². The highest BCUT2D eigenvalue weighted by molar-refractivity contribution is 5.98. The summed E-state index contributed by atoms with van der Waals surface area (Å²) in [4.78, 5) is 24.6. The van der Waals surface area contributed by atoms with Crippen LogP contribution in [0.2, 0.25) is 0 Å². The van der Waals surface area contributed by atoms with Crippen LogP contribution < -0.4 is 4.74 Å². The highest BCUT2D eigenvalue weighted by Gasteiger charge is 2.30. The first-order valence-electron chi connectivity index (χ1n) is 7.65. The third-order valence-electron chi connectivity index (χ3n) is 3.34. The fraction of sp³-hybridized carbons (Fsp3) is 0.333. The molecule has 8 heteroatoms. The third kappa shape index (κ3) is 3.84. The molecule has 0 unspecified atom stereocenters. The minimum atomic E-state index is -0.928. The zero-order chi connectivity index (χ0) is 19.6. The molecule has 0 amide bonds. The van der Waals surface area contributed by atoms with Gasteiger partial charge >= 0.3 is 12.1 Å². The van der Waals surface area contributed by atoms with Crippen molar-refractivity contribution in [3.8, 4) is 17.0 Å². The van der Waals surface area contributed by atoms with E-state index in [0.29, 0.717) is 6.07 Å². The Labute approximate surface area is 149 Å². The normalized spacial score (nSPS) is 11.2. The minimum absolute atomic E-state index is 0.0837. The SMILES string of the molecule is COC(=O)c1cn(C(=O)OC(C)(C)C)c(-c2ccc(F)cc2F)c1OC. The van der Waals surface area contributed by atoms with Gasteiger partial charge < -0.3 is 14.2 Å². The van der Waals surface area contributed by atoms with Crippen LogP contribution in [0.25, 0.3) is 11.3 Å². The average Bonchev–Trinajstić information content (AvgIpc) is 2.92. The maximum atomic E-state index is 14.3. The maximum absolute atomic E-state index is 14.3. The molecule has 2 rings (SSSR count). The lowest BCUT2D eigenvalue weighted by molar-refractivity contribution is 0.0539. The number of halogens is 2. The molecular weight excluding hydrogens is 348 g/mol. The first-order chi connectivity index (χ1) is 12.1. The van der Waals surface area contributed by atoms with Gasteiger partial charge in [0, 0.05) is 17.8 Å². The summed E-state index contributed by atoms with van der Waals surface area (Å²) < 4.78 is 43.7. The van der Waals surface area contributed by atoms with Crippen molar-refractivity contribution in [3.05, 3.63) is 41.6 Å².